The van der Waals surface area contributed by atoms with E-state index in [4.69, 9.17) is 15.8 Å². The van der Waals surface area contributed by atoms with Gasteiger partial charge in [0.15, 0.2) is 5.17 Å². The first kappa shape index (κ1) is 27.3. The second-order valence-corrected chi connectivity index (χ2v) is 11.2. The lowest BCUT2D eigenvalue weighted by molar-refractivity contribution is -0.385. The van der Waals surface area contributed by atoms with Crippen LogP contribution in [0.3, 0.4) is 0 Å². The molecule has 1 heterocycles. The van der Waals surface area contributed by atoms with Crippen LogP contribution in [0.1, 0.15) is 5.56 Å². The Bertz CT molecular complexity index is 1660. The highest BCUT2D eigenvalue weighted by Gasteiger charge is 2.26. The van der Waals surface area contributed by atoms with Crippen LogP contribution in [-0.4, -0.2) is 29.3 Å². The summed E-state index contributed by atoms with van der Waals surface area (Å²) in [5, 5.41) is 24.4. The Kier molecular flexibility index (Phi) is 7.82. The molecule has 12 nitrogen and oxygen atoms in total. The molecule has 16 heteroatoms. The first-order valence-electron chi connectivity index (χ1n) is 10.1. The van der Waals surface area contributed by atoms with E-state index >= 15 is 0 Å². The van der Waals surface area contributed by atoms with Crippen molar-refractivity contribution in [2.75, 3.05) is 0 Å². The molecule has 3 aromatic carbocycles. The minimum Gasteiger partial charge on any atom is -0.378 e. The summed E-state index contributed by atoms with van der Waals surface area (Å²) in [5.74, 6) is -0.632. The van der Waals surface area contributed by atoms with E-state index in [-0.39, 0.29) is 48.4 Å². The number of thioether (sulfide) groups is 1. The number of aliphatic imine (C=N–C) groups is 1. The monoisotopic (exact) mass is 638 g/mol. The van der Waals surface area contributed by atoms with Crippen molar-refractivity contribution in [1.82, 2.24) is 5.32 Å². The summed E-state index contributed by atoms with van der Waals surface area (Å²) in [5.41, 5.74) is -0.0672. The van der Waals surface area contributed by atoms with Crippen molar-refractivity contribution >= 4 is 83.6 Å². The Morgan fingerprint density at radius 2 is 1.66 bits per heavy atom. The van der Waals surface area contributed by atoms with E-state index in [0.717, 1.165) is 42.1 Å². The van der Waals surface area contributed by atoms with E-state index in [1.807, 2.05) is 0 Å². The van der Waals surface area contributed by atoms with E-state index < -0.39 is 25.9 Å². The summed E-state index contributed by atoms with van der Waals surface area (Å²) >= 11 is 10.3. The molecule has 4 rings (SSSR count). The van der Waals surface area contributed by atoms with E-state index in [9.17, 15) is 33.4 Å². The fraction of sp³-hybridized carbons (Fsp3) is 0. The molecular formula is C22H12BrClN4O8S2. The molecule has 0 saturated carbocycles. The molecule has 0 spiro atoms. The summed E-state index contributed by atoms with van der Waals surface area (Å²) in [6, 6.07) is 12.3. The molecule has 0 unspecified atom stereocenters. The molecule has 0 aliphatic carbocycles. The van der Waals surface area contributed by atoms with E-state index in [0.29, 0.717) is 4.47 Å². The molecular weight excluding hydrogens is 628 g/mol. The molecule has 1 amide bonds. The molecule has 194 valence electrons. The van der Waals surface area contributed by atoms with Gasteiger partial charge < -0.3 is 9.50 Å². The Morgan fingerprint density at radius 3 is 2.29 bits per heavy atom. The van der Waals surface area contributed by atoms with Gasteiger partial charge in [-0.2, -0.15) is 8.42 Å². The van der Waals surface area contributed by atoms with E-state index in [1.54, 1.807) is 0 Å². The van der Waals surface area contributed by atoms with Crippen molar-refractivity contribution in [3.8, 4) is 5.75 Å². The second kappa shape index (κ2) is 10.9. The number of nitrogens with zero attached hydrogens (tertiary/aromatic N) is 3. The summed E-state index contributed by atoms with van der Waals surface area (Å²) in [7, 11) is -4.37. The van der Waals surface area contributed by atoms with Crippen molar-refractivity contribution in [2.45, 2.75) is 4.90 Å². The first-order chi connectivity index (χ1) is 17.9. The summed E-state index contributed by atoms with van der Waals surface area (Å²) in [6.45, 7) is 0. The summed E-state index contributed by atoms with van der Waals surface area (Å²) in [6.07, 6.45) is 1.39. The predicted octanol–water partition coefficient (Wildman–Crippen LogP) is 5.58. The molecule has 1 aliphatic rings. The fourth-order valence-electron chi connectivity index (χ4n) is 3.04. The average Bonchev–Trinajstić information content (AvgIpc) is 3.20. The molecule has 0 atom stereocenters. The zero-order chi connectivity index (χ0) is 27.6. The lowest BCUT2D eigenvalue weighted by atomic mass is 10.2. The van der Waals surface area contributed by atoms with Crippen molar-refractivity contribution in [1.29, 1.82) is 0 Å². The number of amides is 1. The third-order valence-electron chi connectivity index (χ3n) is 4.81. The van der Waals surface area contributed by atoms with Crippen molar-refractivity contribution in [2.24, 2.45) is 4.99 Å². The van der Waals surface area contributed by atoms with Crippen LogP contribution >= 0.6 is 39.3 Å². The third-order valence-corrected chi connectivity index (χ3v) is 7.76. The zero-order valence-electron chi connectivity index (χ0n) is 18.5. The number of hydrogen-bond donors (Lipinski definition) is 1. The van der Waals surface area contributed by atoms with E-state index in [2.05, 4.69) is 26.2 Å². The minimum atomic E-state index is -4.37. The molecule has 1 fully saturated rings. The van der Waals surface area contributed by atoms with Gasteiger partial charge in [0, 0.05) is 34.3 Å². The highest BCUT2D eigenvalue weighted by atomic mass is 79.9. The number of amidine groups is 1. The summed E-state index contributed by atoms with van der Waals surface area (Å²) < 4.78 is 31.4. The fourth-order valence-corrected chi connectivity index (χ4v) is 5.42. The lowest BCUT2D eigenvalue weighted by Gasteiger charge is -2.10. The molecule has 0 aromatic heterocycles. The smallest absolute Gasteiger partial charge is 0.339 e. The molecule has 0 radical (unpaired) electrons. The van der Waals surface area contributed by atoms with Gasteiger partial charge in [0.2, 0.25) is 0 Å². The SMILES string of the molecule is O=C1NC(=Nc2ccc([N+](=O)[O-])cc2Cl)S/C1=C/c1cc(Br)ccc1OS(=O)(=O)c1ccc([N+](=O)[O-])cc1. The lowest BCUT2D eigenvalue weighted by Crippen LogP contribution is -2.19. The normalized spacial score (nSPS) is 15.5. The zero-order valence-corrected chi connectivity index (χ0v) is 22.5. The van der Waals surface area contributed by atoms with Crippen LogP contribution in [0.4, 0.5) is 17.1 Å². The van der Waals surface area contributed by atoms with Crippen molar-refractivity contribution in [3.05, 3.63) is 101 Å². The predicted molar refractivity (Wildman–Crippen MR) is 144 cm³/mol. The van der Waals surface area contributed by atoms with Gasteiger partial charge in [-0.1, -0.05) is 27.5 Å². The first-order valence-corrected chi connectivity index (χ1v) is 13.5. The van der Waals surface area contributed by atoms with Gasteiger partial charge in [0.1, 0.15) is 10.6 Å². The van der Waals surface area contributed by atoms with Gasteiger partial charge in [-0.15, -0.1) is 0 Å². The van der Waals surface area contributed by atoms with Crippen LogP contribution < -0.4 is 9.50 Å². The third kappa shape index (κ3) is 6.19. The highest BCUT2D eigenvalue weighted by molar-refractivity contribution is 9.10. The number of nitro benzene ring substituents is 2. The minimum absolute atomic E-state index is 0.0121. The summed E-state index contributed by atoms with van der Waals surface area (Å²) in [4.78, 5) is 37.1. The Morgan fingerprint density at radius 1 is 1.00 bits per heavy atom. The number of carbonyl (C=O) groups is 1. The van der Waals surface area contributed by atoms with E-state index in [1.165, 1.54) is 36.4 Å². The standard InChI is InChI=1S/C22H12BrClN4O8S2/c23-13-1-8-19(36-38(34,35)16-5-2-14(3-6-16)27(30)31)12(9-13)10-20-21(29)26-22(37-20)25-18-7-4-15(28(32)33)11-17(18)24/h1-11H,(H,25,26,29)/b20-10+. The van der Waals surface area contributed by atoms with Crippen molar-refractivity contribution < 1.29 is 27.2 Å². The molecule has 1 N–H and O–H groups in total. The number of carbonyl (C=O) groups excluding carboxylic acids is 1. The van der Waals surface area contributed by atoms with Crippen molar-refractivity contribution in [3.63, 3.8) is 0 Å². The van der Waals surface area contributed by atoms with Crippen LogP contribution in [-0.2, 0) is 14.9 Å². The second-order valence-electron chi connectivity index (χ2n) is 7.35. The number of rotatable bonds is 7. The van der Waals surface area contributed by atoms with Crippen LogP contribution in [0.2, 0.25) is 5.02 Å². The number of non-ortho nitro benzene ring substituents is 2. The van der Waals surface area contributed by atoms with Gasteiger partial charge in [0.05, 0.1) is 25.5 Å². The largest absolute Gasteiger partial charge is 0.378 e. The topological polar surface area (TPSA) is 171 Å². The van der Waals surface area contributed by atoms with Gasteiger partial charge in [0.25, 0.3) is 17.3 Å². The van der Waals surface area contributed by atoms with Gasteiger partial charge in [-0.3, -0.25) is 25.0 Å². The number of benzene rings is 3. The van der Waals surface area contributed by atoms with Crippen LogP contribution in [0, 0.1) is 20.2 Å². The number of halogens is 2. The Hall–Kier alpha value is -3.79. The molecule has 3 aromatic rings. The molecule has 1 aliphatic heterocycles. The van der Waals surface area contributed by atoms with Gasteiger partial charge in [-0.05, 0) is 54.2 Å². The molecule has 0 bridgehead atoms. The quantitative estimate of drug-likeness (QED) is 0.150. The number of hydrogen-bond acceptors (Lipinski definition) is 10. The van der Waals surface area contributed by atoms with Crippen LogP contribution in [0.25, 0.3) is 6.08 Å². The maximum atomic E-state index is 12.8. The Balaban J connectivity index is 1.61. The van der Waals surface area contributed by atoms with Gasteiger partial charge >= 0.3 is 10.1 Å². The molecule has 1 saturated heterocycles. The van der Waals surface area contributed by atoms with Crippen LogP contribution in [0.5, 0.6) is 5.75 Å². The highest BCUT2D eigenvalue weighted by Crippen LogP contribution is 2.35. The average molecular weight is 640 g/mol. The molecule has 38 heavy (non-hydrogen) atoms. The number of nitrogens with one attached hydrogen (secondary N) is 1. The maximum Gasteiger partial charge on any atom is 0.339 e. The number of nitro groups is 2. The maximum absolute atomic E-state index is 12.8. The Labute approximate surface area is 231 Å². The van der Waals surface area contributed by atoms with Gasteiger partial charge in [-0.25, -0.2) is 4.99 Å². The van der Waals surface area contributed by atoms with Crippen LogP contribution in [0.15, 0.2) is 79.9 Å².